The van der Waals surface area contributed by atoms with Crippen LogP contribution in [0.3, 0.4) is 0 Å². The highest BCUT2D eigenvalue weighted by Gasteiger charge is 2.02. The summed E-state index contributed by atoms with van der Waals surface area (Å²) in [5.74, 6) is 0.647. The highest BCUT2D eigenvalue weighted by Crippen LogP contribution is 2.10. The normalized spacial score (nSPS) is 11.9. The molecule has 0 amide bonds. The van der Waals surface area contributed by atoms with Gasteiger partial charge in [0.1, 0.15) is 0 Å². The van der Waals surface area contributed by atoms with Crippen molar-refractivity contribution in [1.29, 1.82) is 0 Å². The number of guanidine groups is 1. The molecule has 0 fully saturated rings. The number of nitrogens with zero attached hydrogens (tertiary/aromatic N) is 2. The van der Waals surface area contributed by atoms with E-state index in [1.54, 1.807) is 18.4 Å². The fourth-order valence-corrected chi connectivity index (χ4v) is 2.70. The molecule has 7 nitrogen and oxygen atoms in total. The number of halogens is 1. The molecule has 0 aliphatic carbocycles. The van der Waals surface area contributed by atoms with Gasteiger partial charge in [-0.15, -0.1) is 35.3 Å². The van der Waals surface area contributed by atoms with Crippen LogP contribution in [0.4, 0.5) is 0 Å². The largest absolute Gasteiger partial charge is 0.356 e. The number of rotatable bonds is 7. The van der Waals surface area contributed by atoms with Crippen LogP contribution >= 0.6 is 35.3 Å². The van der Waals surface area contributed by atoms with Crippen molar-refractivity contribution < 1.29 is 8.42 Å². The van der Waals surface area contributed by atoms with Gasteiger partial charge in [-0.05, 0) is 6.92 Å². The van der Waals surface area contributed by atoms with Crippen LogP contribution in [-0.2, 0) is 16.4 Å². The third-order valence-corrected chi connectivity index (χ3v) is 4.01. The number of thiazole rings is 1. The molecular weight excluding hydrogens is 425 g/mol. The summed E-state index contributed by atoms with van der Waals surface area (Å²) < 4.78 is 24.2. The van der Waals surface area contributed by atoms with Gasteiger partial charge in [-0.1, -0.05) is 0 Å². The zero-order chi connectivity index (χ0) is 15.0. The first-order valence-electron chi connectivity index (χ1n) is 6.21. The van der Waals surface area contributed by atoms with Gasteiger partial charge in [0.15, 0.2) is 5.96 Å². The lowest BCUT2D eigenvalue weighted by Crippen LogP contribution is -2.42. The van der Waals surface area contributed by atoms with Gasteiger partial charge >= 0.3 is 0 Å². The van der Waals surface area contributed by atoms with E-state index in [0.717, 1.165) is 24.2 Å². The number of nitrogens with one attached hydrogen (secondary N) is 3. The Hall–Kier alpha value is -0.460. The van der Waals surface area contributed by atoms with Gasteiger partial charge in [0.2, 0.25) is 10.0 Å². The van der Waals surface area contributed by atoms with Crippen LogP contribution in [0.1, 0.15) is 9.88 Å². The van der Waals surface area contributed by atoms with Crippen LogP contribution in [-0.4, -0.2) is 52.3 Å². The number of sulfonamides is 1. The first kappa shape index (κ1) is 20.5. The van der Waals surface area contributed by atoms with Gasteiger partial charge in [0.25, 0.3) is 0 Å². The Morgan fingerprint density at radius 1 is 1.33 bits per heavy atom. The van der Waals surface area contributed by atoms with Gasteiger partial charge in [-0.3, -0.25) is 4.99 Å². The zero-order valence-electron chi connectivity index (χ0n) is 12.3. The van der Waals surface area contributed by atoms with Crippen molar-refractivity contribution in [1.82, 2.24) is 20.3 Å². The molecule has 0 saturated carbocycles. The summed E-state index contributed by atoms with van der Waals surface area (Å²) in [4.78, 5) is 9.54. The molecule has 0 spiro atoms. The van der Waals surface area contributed by atoms with Gasteiger partial charge in [0.05, 0.1) is 11.3 Å². The molecule has 0 atom stereocenters. The van der Waals surface area contributed by atoms with E-state index in [1.807, 2.05) is 13.1 Å². The van der Waals surface area contributed by atoms with Crippen LogP contribution in [0.5, 0.6) is 0 Å². The van der Waals surface area contributed by atoms with E-state index in [9.17, 15) is 8.42 Å². The first-order valence-corrected chi connectivity index (χ1v) is 8.92. The average molecular weight is 447 g/mol. The molecule has 0 aliphatic heterocycles. The van der Waals surface area contributed by atoms with Gasteiger partial charge in [-0.2, -0.15) is 0 Å². The Kier molecular flexibility index (Phi) is 10.1. The maximum absolute atomic E-state index is 10.9. The summed E-state index contributed by atoms with van der Waals surface area (Å²) in [6, 6.07) is 0. The van der Waals surface area contributed by atoms with E-state index in [1.165, 1.54) is 4.88 Å². The minimum atomic E-state index is -3.14. The molecule has 10 heteroatoms. The van der Waals surface area contributed by atoms with Gasteiger partial charge in [0, 0.05) is 44.2 Å². The first-order chi connectivity index (χ1) is 9.40. The van der Waals surface area contributed by atoms with Crippen molar-refractivity contribution in [3.8, 4) is 0 Å². The summed E-state index contributed by atoms with van der Waals surface area (Å²) >= 11 is 1.68. The van der Waals surface area contributed by atoms with Crippen LogP contribution in [0.15, 0.2) is 11.2 Å². The van der Waals surface area contributed by atoms with Crippen LogP contribution in [0.2, 0.25) is 0 Å². The lowest BCUT2D eigenvalue weighted by atomic mass is 10.4. The predicted molar refractivity (Wildman–Crippen MR) is 98.2 cm³/mol. The van der Waals surface area contributed by atoms with E-state index in [4.69, 9.17) is 0 Å². The second kappa shape index (κ2) is 10.3. The van der Waals surface area contributed by atoms with E-state index in [0.29, 0.717) is 19.0 Å². The molecule has 3 N–H and O–H groups in total. The molecule has 1 heterocycles. The minimum absolute atomic E-state index is 0. The van der Waals surface area contributed by atoms with Crippen molar-refractivity contribution >= 4 is 51.3 Å². The lowest BCUT2D eigenvalue weighted by molar-refractivity contribution is 0.586. The van der Waals surface area contributed by atoms with E-state index in [-0.39, 0.29) is 24.0 Å². The Bertz CT molecular complexity index is 545. The maximum atomic E-state index is 10.9. The summed E-state index contributed by atoms with van der Waals surface area (Å²) in [5, 5.41) is 7.27. The summed E-state index contributed by atoms with van der Waals surface area (Å²) in [5.41, 5.74) is 0. The Labute approximate surface area is 147 Å². The standard InChI is InChI=1S/C11H21N5O2S2.HI/c1-9-8-15-10(19-9)4-5-13-11(12-2)14-6-7-16-20(3,17)18;/h8,16H,4-7H2,1-3H3,(H2,12,13,14);1H. The summed E-state index contributed by atoms with van der Waals surface area (Å²) in [7, 11) is -1.46. The Morgan fingerprint density at radius 2 is 2.00 bits per heavy atom. The molecule has 0 aromatic carbocycles. The minimum Gasteiger partial charge on any atom is -0.356 e. The molecule has 0 radical (unpaired) electrons. The molecule has 0 unspecified atom stereocenters. The van der Waals surface area contributed by atoms with E-state index in [2.05, 4.69) is 25.3 Å². The van der Waals surface area contributed by atoms with Crippen molar-refractivity contribution in [2.24, 2.45) is 4.99 Å². The van der Waals surface area contributed by atoms with Crippen LogP contribution < -0.4 is 15.4 Å². The van der Waals surface area contributed by atoms with E-state index < -0.39 is 10.0 Å². The second-order valence-electron chi connectivity index (χ2n) is 4.21. The zero-order valence-corrected chi connectivity index (χ0v) is 16.3. The number of aliphatic imine (C=N–C) groups is 1. The van der Waals surface area contributed by atoms with Crippen molar-refractivity contribution in [3.05, 3.63) is 16.1 Å². The second-order valence-corrected chi connectivity index (χ2v) is 7.36. The molecule has 0 saturated heterocycles. The molecule has 21 heavy (non-hydrogen) atoms. The van der Waals surface area contributed by atoms with Gasteiger partial charge in [-0.25, -0.2) is 18.1 Å². The van der Waals surface area contributed by atoms with Crippen molar-refractivity contribution in [2.45, 2.75) is 13.3 Å². The topological polar surface area (TPSA) is 95.5 Å². The SMILES string of the molecule is CN=C(NCCNS(C)(=O)=O)NCCc1ncc(C)s1.I. The number of aromatic nitrogens is 1. The number of hydrogen-bond donors (Lipinski definition) is 3. The highest BCUT2D eigenvalue weighted by atomic mass is 127. The quantitative estimate of drug-likeness (QED) is 0.242. The lowest BCUT2D eigenvalue weighted by Gasteiger charge is -2.11. The fourth-order valence-electron chi connectivity index (χ4n) is 1.44. The van der Waals surface area contributed by atoms with E-state index >= 15 is 0 Å². The third kappa shape index (κ3) is 9.98. The maximum Gasteiger partial charge on any atom is 0.208 e. The van der Waals surface area contributed by atoms with Crippen LogP contribution in [0.25, 0.3) is 0 Å². The monoisotopic (exact) mass is 447 g/mol. The van der Waals surface area contributed by atoms with Crippen molar-refractivity contribution in [3.63, 3.8) is 0 Å². The molecule has 1 rings (SSSR count). The molecule has 1 aromatic heterocycles. The summed E-state index contributed by atoms with van der Waals surface area (Å²) in [6.45, 7) is 3.56. The van der Waals surface area contributed by atoms with Crippen LogP contribution in [0, 0.1) is 6.92 Å². The average Bonchev–Trinajstić information content (AvgIpc) is 2.77. The molecular formula is C11H22IN5O2S2. The Balaban J connectivity index is 0.00000400. The smallest absolute Gasteiger partial charge is 0.208 e. The van der Waals surface area contributed by atoms with Crippen molar-refractivity contribution in [2.75, 3.05) is 32.9 Å². The predicted octanol–water partition coefficient (Wildman–Crippen LogP) is 0.326. The number of aryl methyl sites for hydroxylation is 1. The Morgan fingerprint density at radius 3 is 2.52 bits per heavy atom. The molecule has 0 bridgehead atoms. The summed E-state index contributed by atoms with van der Waals surface area (Å²) in [6.07, 6.45) is 3.83. The molecule has 0 aliphatic rings. The number of hydrogen-bond acceptors (Lipinski definition) is 5. The fraction of sp³-hybridized carbons (Fsp3) is 0.636. The molecule has 122 valence electrons. The molecule has 1 aromatic rings. The third-order valence-electron chi connectivity index (χ3n) is 2.31. The van der Waals surface area contributed by atoms with Gasteiger partial charge < -0.3 is 10.6 Å². The highest BCUT2D eigenvalue weighted by molar-refractivity contribution is 14.0.